The summed E-state index contributed by atoms with van der Waals surface area (Å²) in [5.41, 5.74) is -0.457. The van der Waals surface area contributed by atoms with Crippen molar-refractivity contribution in [3.63, 3.8) is 0 Å². The molecule has 0 unspecified atom stereocenters. The SMILES string of the molecule is COc1ccc(NC(=O)COC(=O)CCC(=O)Nc2cccc(C(F)(F)F)c2)cc1. The minimum Gasteiger partial charge on any atom is -0.497 e. The molecule has 0 aliphatic carbocycles. The molecule has 0 fully saturated rings. The Bertz CT molecular complexity index is 898. The van der Waals surface area contributed by atoms with E-state index in [4.69, 9.17) is 9.47 Å². The first-order valence-corrected chi connectivity index (χ1v) is 8.74. The lowest BCUT2D eigenvalue weighted by molar-refractivity contribution is -0.147. The molecule has 0 aliphatic rings. The Morgan fingerprint density at radius 3 is 2.20 bits per heavy atom. The lowest BCUT2D eigenvalue weighted by Gasteiger charge is -2.10. The summed E-state index contributed by atoms with van der Waals surface area (Å²) in [5, 5.41) is 4.80. The number of halogens is 3. The normalized spacial score (nSPS) is 10.8. The van der Waals surface area contributed by atoms with E-state index in [1.165, 1.54) is 13.2 Å². The summed E-state index contributed by atoms with van der Waals surface area (Å²) < 4.78 is 47.8. The van der Waals surface area contributed by atoms with Crippen LogP contribution in [0, 0.1) is 0 Å². The minimum atomic E-state index is -4.53. The number of carbonyl (C=O) groups is 3. The van der Waals surface area contributed by atoms with Crippen LogP contribution in [0.25, 0.3) is 0 Å². The second kappa shape index (κ2) is 10.3. The van der Waals surface area contributed by atoms with E-state index in [1.54, 1.807) is 24.3 Å². The van der Waals surface area contributed by atoms with Crippen LogP contribution in [0.4, 0.5) is 24.5 Å². The molecule has 0 saturated heterocycles. The van der Waals surface area contributed by atoms with E-state index >= 15 is 0 Å². The molecule has 0 saturated carbocycles. The number of alkyl halides is 3. The van der Waals surface area contributed by atoms with Crippen LogP contribution in [0.1, 0.15) is 18.4 Å². The predicted molar refractivity (Wildman–Crippen MR) is 102 cm³/mol. The van der Waals surface area contributed by atoms with E-state index in [2.05, 4.69) is 10.6 Å². The molecule has 0 radical (unpaired) electrons. The van der Waals surface area contributed by atoms with Crippen LogP contribution in [0.15, 0.2) is 48.5 Å². The largest absolute Gasteiger partial charge is 0.497 e. The lowest BCUT2D eigenvalue weighted by atomic mass is 10.2. The van der Waals surface area contributed by atoms with Gasteiger partial charge in [-0.2, -0.15) is 13.2 Å². The molecular formula is C20H19F3N2O5. The Labute approximate surface area is 170 Å². The quantitative estimate of drug-likeness (QED) is 0.632. The summed E-state index contributed by atoms with van der Waals surface area (Å²) in [6.45, 7) is -0.542. The van der Waals surface area contributed by atoms with Crippen molar-refractivity contribution in [1.29, 1.82) is 0 Å². The third-order valence-corrected chi connectivity index (χ3v) is 3.77. The fourth-order valence-electron chi connectivity index (χ4n) is 2.30. The Morgan fingerprint density at radius 2 is 1.57 bits per heavy atom. The average molecular weight is 424 g/mol. The minimum absolute atomic E-state index is 0.0398. The Balaban J connectivity index is 1.72. The third-order valence-electron chi connectivity index (χ3n) is 3.77. The van der Waals surface area contributed by atoms with Gasteiger partial charge < -0.3 is 20.1 Å². The number of benzene rings is 2. The zero-order valence-electron chi connectivity index (χ0n) is 15.9. The van der Waals surface area contributed by atoms with E-state index in [0.717, 1.165) is 18.2 Å². The summed E-state index contributed by atoms with van der Waals surface area (Å²) in [4.78, 5) is 35.3. The number of carbonyl (C=O) groups excluding carboxylic acids is 3. The van der Waals surface area contributed by atoms with Crippen LogP contribution in [0.3, 0.4) is 0 Å². The van der Waals surface area contributed by atoms with Crippen LogP contribution in [0.2, 0.25) is 0 Å². The van der Waals surface area contributed by atoms with Crippen molar-refractivity contribution in [3.05, 3.63) is 54.1 Å². The molecule has 2 N–H and O–H groups in total. The van der Waals surface area contributed by atoms with Crippen LogP contribution in [-0.2, 0) is 25.3 Å². The number of amides is 2. The molecule has 0 bridgehead atoms. The van der Waals surface area contributed by atoms with Crippen molar-refractivity contribution in [1.82, 2.24) is 0 Å². The molecule has 7 nitrogen and oxygen atoms in total. The third kappa shape index (κ3) is 7.46. The van der Waals surface area contributed by atoms with Gasteiger partial charge in [-0.1, -0.05) is 6.07 Å². The van der Waals surface area contributed by atoms with E-state index in [0.29, 0.717) is 11.4 Å². The Morgan fingerprint density at radius 1 is 0.900 bits per heavy atom. The summed E-state index contributed by atoms with van der Waals surface area (Å²) in [6, 6.07) is 10.6. The molecule has 30 heavy (non-hydrogen) atoms. The van der Waals surface area contributed by atoms with Gasteiger partial charge in [0.1, 0.15) is 5.75 Å². The van der Waals surface area contributed by atoms with Gasteiger partial charge >= 0.3 is 12.1 Å². The van der Waals surface area contributed by atoms with E-state index in [-0.39, 0.29) is 18.5 Å². The topological polar surface area (TPSA) is 93.7 Å². The average Bonchev–Trinajstić information content (AvgIpc) is 2.71. The molecule has 2 aromatic carbocycles. The summed E-state index contributed by atoms with van der Waals surface area (Å²) in [6.07, 6.45) is -5.17. The maximum absolute atomic E-state index is 12.7. The van der Waals surface area contributed by atoms with E-state index < -0.39 is 36.1 Å². The highest BCUT2D eigenvalue weighted by atomic mass is 19.4. The van der Waals surface area contributed by atoms with Gasteiger partial charge in [0.15, 0.2) is 6.61 Å². The Hall–Kier alpha value is -3.56. The van der Waals surface area contributed by atoms with Crippen molar-refractivity contribution in [2.75, 3.05) is 24.4 Å². The van der Waals surface area contributed by atoms with Gasteiger partial charge in [0, 0.05) is 17.8 Å². The predicted octanol–water partition coefficient (Wildman–Crippen LogP) is 3.61. The van der Waals surface area contributed by atoms with Crippen molar-refractivity contribution < 1.29 is 37.0 Å². The summed E-state index contributed by atoms with van der Waals surface area (Å²) in [7, 11) is 1.51. The molecule has 2 aromatic rings. The molecule has 0 spiro atoms. The van der Waals surface area contributed by atoms with Crippen molar-refractivity contribution in [3.8, 4) is 5.75 Å². The monoisotopic (exact) mass is 424 g/mol. The highest BCUT2D eigenvalue weighted by Gasteiger charge is 2.30. The van der Waals surface area contributed by atoms with E-state index in [1.807, 2.05) is 0 Å². The van der Waals surface area contributed by atoms with Gasteiger partial charge in [0.25, 0.3) is 5.91 Å². The van der Waals surface area contributed by atoms with Gasteiger partial charge in [-0.3, -0.25) is 14.4 Å². The number of ether oxygens (including phenoxy) is 2. The summed E-state index contributed by atoms with van der Waals surface area (Å²) >= 11 is 0. The van der Waals surface area contributed by atoms with Crippen LogP contribution < -0.4 is 15.4 Å². The molecule has 10 heteroatoms. The van der Waals surface area contributed by atoms with Crippen LogP contribution >= 0.6 is 0 Å². The highest BCUT2D eigenvalue weighted by molar-refractivity contribution is 5.94. The first-order valence-electron chi connectivity index (χ1n) is 8.74. The molecule has 0 aliphatic heterocycles. The fraction of sp³-hybridized carbons (Fsp3) is 0.250. The first-order chi connectivity index (χ1) is 14.2. The van der Waals surface area contributed by atoms with Gasteiger partial charge in [-0.25, -0.2) is 0 Å². The van der Waals surface area contributed by atoms with Crippen molar-refractivity contribution in [2.24, 2.45) is 0 Å². The Kier molecular flexibility index (Phi) is 7.79. The number of nitrogens with one attached hydrogen (secondary N) is 2. The van der Waals surface area contributed by atoms with Crippen molar-refractivity contribution >= 4 is 29.2 Å². The molecule has 2 amide bonds. The lowest BCUT2D eigenvalue weighted by Crippen LogP contribution is -2.21. The number of methoxy groups -OCH3 is 1. The maximum Gasteiger partial charge on any atom is 0.416 e. The molecule has 0 atom stereocenters. The fourth-order valence-corrected chi connectivity index (χ4v) is 2.30. The van der Waals surface area contributed by atoms with Gasteiger partial charge in [-0.15, -0.1) is 0 Å². The van der Waals surface area contributed by atoms with Gasteiger partial charge in [0.2, 0.25) is 5.91 Å². The molecule has 0 aromatic heterocycles. The van der Waals surface area contributed by atoms with Crippen LogP contribution in [-0.4, -0.2) is 31.5 Å². The maximum atomic E-state index is 12.7. The second-order valence-corrected chi connectivity index (χ2v) is 6.06. The number of hydrogen-bond donors (Lipinski definition) is 2. The number of rotatable bonds is 8. The standard InChI is InChI=1S/C20H19F3N2O5/c1-29-16-7-5-14(6-8-16)24-18(27)12-30-19(28)10-9-17(26)25-15-4-2-3-13(11-15)20(21,22)23/h2-8,11H,9-10,12H2,1H3,(H,24,27)(H,25,26). The second-order valence-electron chi connectivity index (χ2n) is 6.06. The van der Waals surface area contributed by atoms with Gasteiger partial charge in [0.05, 0.1) is 19.1 Å². The van der Waals surface area contributed by atoms with Gasteiger partial charge in [-0.05, 0) is 42.5 Å². The zero-order valence-corrected chi connectivity index (χ0v) is 15.9. The summed E-state index contributed by atoms with van der Waals surface area (Å²) in [5.74, 6) is -1.40. The smallest absolute Gasteiger partial charge is 0.416 e. The van der Waals surface area contributed by atoms with Crippen molar-refractivity contribution in [2.45, 2.75) is 19.0 Å². The molecule has 0 heterocycles. The zero-order chi connectivity index (χ0) is 22.1. The van der Waals surface area contributed by atoms with Crippen LogP contribution in [0.5, 0.6) is 5.75 Å². The van der Waals surface area contributed by atoms with E-state index in [9.17, 15) is 27.6 Å². The molecular weight excluding hydrogens is 405 g/mol. The first kappa shape index (κ1) is 22.7. The molecule has 160 valence electrons. The number of hydrogen-bond acceptors (Lipinski definition) is 5. The molecule has 2 rings (SSSR count). The number of esters is 1. The number of anilines is 2. The highest BCUT2D eigenvalue weighted by Crippen LogP contribution is 2.30.